The highest BCUT2D eigenvalue weighted by Gasteiger charge is 2.15. The fraction of sp³-hybridized carbons (Fsp3) is 0.160. The number of thioether (sulfide) groups is 1. The number of rotatable bonds is 9. The lowest BCUT2D eigenvalue weighted by molar-refractivity contribution is -0.118. The first-order chi connectivity index (χ1) is 15.7. The quantitative estimate of drug-likeness (QED) is 0.317. The van der Waals surface area contributed by atoms with Crippen LogP contribution in [-0.4, -0.2) is 28.4 Å². The number of amides is 1. The van der Waals surface area contributed by atoms with Gasteiger partial charge >= 0.3 is 0 Å². The first-order valence-corrected chi connectivity index (χ1v) is 11.6. The van der Waals surface area contributed by atoms with Gasteiger partial charge in [0.2, 0.25) is 11.8 Å². The van der Waals surface area contributed by atoms with E-state index in [1.54, 1.807) is 12.1 Å². The molecule has 1 heterocycles. The molecule has 0 aliphatic carbocycles. The van der Waals surface area contributed by atoms with Gasteiger partial charge in [0.1, 0.15) is 0 Å². The highest BCUT2D eigenvalue weighted by molar-refractivity contribution is 7.99. The van der Waals surface area contributed by atoms with Gasteiger partial charge < -0.3 is 9.73 Å². The lowest BCUT2D eigenvalue weighted by Crippen LogP contribution is -2.27. The number of benzene rings is 3. The zero-order valence-corrected chi connectivity index (χ0v) is 18.9. The lowest BCUT2D eigenvalue weighted by Gasteiger charge is -2.18. The van der Waals surface area contributed by atoms with Crippen LogP contribution in [0.3, 0.4) is 0 Å². The number of aromatic nitrogens is 2. The molecule has 0 saturated carbocycles. The molecule has 1 amide bonds. The Morgan fingerprint density at radius 2 is 1.62 bits per heavy atom. The van der Waals surface area contributed by atoms with Gasteiger partial charge in [0, 0.05) is 23.0 Å². The third kappa shape index (κ3) is 5.99. The molecule has 4 rings (SSSR count). The van der Waals surface area contributed by atoms with E-state index in [-0.39, 0.29) is 17.6 Å². The average molecular weight is 464 g/mol. The molecular formula is C25H22ClN3O2S. The number of nitrogens with one attached hydrogen (secondary N) is 1. The van der Waals surface area contributed by atoms with Crippen molar-refractivity contribution >= 4 is 29.3 Å². The van der Waals surface area contributed by atoms with Crippen molar-refractivity contribution in [2.45, 2.75) is 17.6 Å². The first-order valence-electron chi connectivity index (χ1n) is 10.3. The zero-order valence-electron chi connectivity index (χ0n) is 17.3. The number of carbonyl (C=O) groups excluding carboxylic acids is 1. The molecule has 0 saturated heterocycles. The Hall–Kier alpha value is -3.09. The Labute approximate surface area is 196 Å². The fourth-order valence-corrected chi connectivity index (χ4v) is 4.22. The predicted octanol–water partition coefficient (Wildman–Crippen LogP) is 5.82. The third-order valence-corrected chi connectivity index (χ3v) is 6.02. The van der Waals surface area contributed by atoms with Gasteiger partial charge in [-0.25, -0.2) is 0 Å². The molecule has 0 atom stereocenters. The normalized spacial score (nSPS) is 10.9. The topological polar surface area (TPSA) is 68.0 Å². The number of hydrogen-bond donors (Lipinski definition) is 1. The van der Waals surface area contributed by atoms with Gasteiger partial charge in [0.25, 0.3) is 5.22 Å². The Kier molecular flexibility index (Phi) is 7.59. The molecule has 1 aromatic heterocycles. The zero-order chi connectivity index (χ0) is 22.2. The van der Waals surface area contributed by atoms with Gasteiger partial charge in [-0.1, -0.05) is 90.1 Å². The van der Waals surface area contributed by atoms with Crippen molar-refractivity contribution in [1.82, 2.24) is 15.5 Å². The molecule has 32 heavy (non-hydrogen) atoms. The lowest BCUT2D eigenvalue weighted by atomic mass is 9.88. The van der Waals surface area contributed by atoms with E-state index in [1.165, 1.54) is 22.9 Å². The van der Waals surface area contributed by atoms with Crippen molar-refractivity contribution in [1.29, 1.82) is 0 Å². The molecular weight excluding hydrogens is 442 g/mol. The van der Waals surface area contributed by atoms with E-state index in [0.717, 1.165) is 12.0 Å². The maximum absolute atomic E-state index is 12.4. The monoisotopic (exact) mass is 463 g/mol. The van der Waals surface area contributed by atoms with Crippen LogP contribution in [0.25, 0.3) is 11.5 Å². The molecule has 0 radical (unpaired) electrons. The van der Waals surface area contributed by atoms with Gasteiger partial charge in [0.05, 0.1) is 5.75 Å². The fourth-order valence-electron chi connectivity index (χ4n) is 3.44. The van der Waals surface area contributed by atoms with Crippen LogP contribution in [0.15, 0.2) is 94.6 Å². The van der Waals surface area contributed by atoms with Crippen LogP contribution in [-0.2, 0) is 4.79 Å². The molecule has 0 aliphatic rings. The minimum Gasteiger partial charge on any atom is -0.411 e. The Morgan fingerprint density at radius 1 is 0.938 bits per heavy atom. The summed E-state index contributed by atoms with van der Waals surface area (Å²) < 4.78 is 5.64. The van der Waals surface area contributed by atoms with Crippen molar-refractivity contribution < 1.29 is 9.21 Å². The summed E-state index contributed by atoms with van der Waals surface area (Å²) in [6.45, 7) is 0.575. The van der Waals surface area contributed by atoms with E-state index in [0.29, 0.717) is 22.7 Å². The van der Waals surface area contributed by atoms with Gasteiger partial charge in [-0.2, -0.15) is 0 Å². The minimum atomic E-state index is -0.0719. The van der Waals surface area contributed by atoms with Crippen LogP contribution >= 0.6 is 23.4 Å². The van der Waals surface area contributed by atoms with Crippen LogP contribution in [0.4, 0.5) is 0 Å². The summed E-state index contributed by atoms with van der Waals surface area (Å²) in [6, 6.07) is 27.9. The van der Waals surface area contributed by atoms with E-state index in [2.05, 4.69) is 39.8 Å². The summed E-state index contributed by atoms with van der Waals surface area (Å²) in [4.78, 5) is 12.4. The average Bonchev–Trinajstić information content (AvgIpc) is 3.31. The standard InChI is InChI=1S/C25H22ClN3O2S/c26-21-13-7-12-20(16-21)24-28-29-25(31-24)32-17-23(30)27-15-14-22(18-8-3-1-4-9-18)19-10-5-2-6-11-19/h1-13,16,22H,14-15,17H2,(H,27,30). The van der Waals surface area contributed by atoms with Gasteiger partial charge in [-0.15, -0.1) is 10.2 Å². The van der Waals surface area contributed by atoms with Crippen LogP contribution < -0.4 is 5.32 Å². The molecule has 0 unspecified atom stereocenters. The Morgan fingerprint density at radius 3 is 2.28 bits per heavy atom. The van der Waals surface area contributed by atoms with Crippen LogP contribution in [0.2, 0.25) is 5.02 Å². The molecule has 0 fully saturated rings. The number of nitrogens with zero attached hydrogens (tertiary/aromatic N) is 2. The van der Waals surface area contributed by atoms with Crippen LogP contribution in [0.1, 0.15) is 23.5 Å². The van der Waals surface area contributed by atoms with E-state index in [4.69, 9.17) is 16.0 Å². The van der Waals surface area contributed by atoms with Gasteiger partial charge in [0.15, 0.2) is 0 Å². The highest BCUT2D eigenvalue weighted by atomic mass is 35.5. The predicted molar refractivity (Wildman–Crippen MR) is 128 cm³/mol. The highest BCUT2D eigenvalue weighted by Crippen LogP contribution is 2.28. The van der Waals surface area contributed by atoms with E-state index < -0.39 is 0 Å². The third-order valence-electron chi connectivity index (χ3n) is 4.96. The van der Waals surface area contributed by atoms with Crippen molar-refractivity contribution in [3.05, 3.63) is 101 Å². The molecule has 1 N–H and O–H groups in total. The summed E-state index contributed by atoms with van der Waals surface area (Å²) in [5, 5.41) is 12.0. The molecule has 0 aliphatic heterocycles. The van der Waals surface area contributed by atoms with Crippen molar-refractivity contribution in [2.24, 2.45) is 0 Å². The van der Waals surface area contributed by atoms with Crippen molar-refractivity contribution in [3.63, 3.8) is 0 Å². The van der Waals surface area contributed by atoms with Crippen LogP contribution in [0, 0.1) is 0 Å². The second kappa shape index (κ2) is 11.0. The van der Waals surface area contributed by atoms with Crippen LogP contribution in [0.5, 0.6) is 0 Å². The van der Waals surface area contributed by atoms with Gasteiger partial charge in [-0.3, -0.25) is 4.79 Å². The summed E-state index contributed by atoms with van der Waals surface area (Å²) in [7, 11) is 0. The van der Waals surface area contributed by atoms with Crippen molar-refractivity contribution in [3.8, 4) is 11.5 Å². The largest absolute Gasteiger partial charge is 0.411 e. The number of carbonyl (C=O) groups is 1. The molecule has 3 aromatic carbocycles. The maximum atomic E-state index is 12.4. The summed E-state index contributed by atoms with van der Waals surface area (Å²) in [5.74, 6) is 0.737. The van der Waals surface area contributed by atoms with Gasteiger partial charge in [-0.05, 0) is 35.7 Å². The second-order valence-corrected chi connectivity index (χ2v) is 8.55. The molecule has 162 valence electrons. The maximum Gasteiger partial charge on any atom is 0.277 e. The number of halogens is 1. The molecule has 4 aromatic rings. The Balaban J connectivity index is 1.29. The van der Waals surface area contributed by atoms with E-state index >= 15 is 0 Å². The second-order valence-electron chi connectivity index (χ2n) is 7.18. The van der Waals surface area contributed by atoms with E-state index in [1.807, 2.05) is 48.5 Å². The summed E-state index contributed by atoms with van der Waals surface area (Å²) >= 11 is 7.22. The first kappa shape index (κ1) is 22.1. The minimum absolute atomic E-state index is 0.0719. The SMILES string of the molecule is O=C(CSc1nnc(-c2cccc(Cl)c2)o1)NCCC(c1ccccc1)c1ccccc1. The molecule has 0 bridgehead atoms. The molecule has 0 spiro atoms. The summed E-state index contributed by atoms with van der Waals surface area (Å²) in [5.41, 5.74) is 3.22. The van der Waals surface area contributed by atoms with E-state index in [9.17, 15) is 4.79 Å². The summed E-state index contributed by atoms with van der Waals surface area (Å²) in [6.07, 6.45) is 0.809. The molecule has 7 heteroatoms. The van der Waals surface area contributed by atoms with Crippen molar-refractivity contribution in [2.75, 3.05) is 12.3 Å². The number of hydrogen-bond acceptors (Lipinski definition) is 5. The molecule has 5 nitrogen and oxygen atoms in total. The Bertz CT molecular complexity index is 1110. The smallest absolute Gasteiger partial charge is 0.277 e.